The molecule has 0 spiro atoms. The Balaban J connectivity index is 1.97. The first kappa shape index (κ1) is 17.2. The van der Waals surface area contributed by atoms with Gasteiger partial charge in [-0.05, 0) is 45.4 Å². The van der Waals surface area contributed by atoms with Crippen LogP contribution < -0.4 is 0 Å². The normalized spacial score (nSPS) is 12.1. The van der Waals surface area contributed by atoms with Crippen molar-refractivity contribution in [3.63, 3.8) is 0 Å². The van der Waals surface area contributed by atoms with Gasteiger partial charge in [-0.1, -0.05) is 30.0 Å². The number of ketones is 1. The number of hydrogen-bond acceptors (Lipinski definition) is 4. The number of aryl methyl sites for hydroxylation is 3. The summed E-state index contributed by atoms with van der Waals surface area (Å²) in [6, 6.07) is 11.9. The quantitative estimate of drug-likeness (QED) is 0.546. The molecular formula is C20H19N3OS. The predicted octanol–water partition coefficient (Wildman–Crippen LogP) is 4.72. The lowest BCUT2D eigenvalue weighted by molar-refractivity contribution is 0.0995. The maximum absolute atomic E-state index is 13.1. The number of aromatic nitrogens is 2. The monoisotopic (exact) mass is 349 g/mol. The largest absolute Gasteiger partial charge is 0.358 e. The van der Waals surface area contributed by atoms with E-state index in [4.69, 9.17) is 0 Å². The number of carbonyl (C=O) groups is 1. The van der Waals surface area contributed by atoms with Crippen molar-refractivity contribution in [3.8, 4) is 6.07 Å². The molecule has 4 nitrogen and oxygen atoms in total. The second-order valence-electron chi connectivity index (χ2n) is 6.17. The number of thioether (sulfide) groups is 1. The van der Waals surface area contributed by atoms with Crippen molar-refractivity contribution >= 4 is 28.4 Å². The molecule has 25 heavy (non-hydrogen) atoms. The minimum absolute atomic E-state index is 0.0461. The van der Waals surface area contributed by atoms with E-state index in [0.717, 1.165) is 33.4 Å². The molecule has 0 aliphatic heterocycles. The zero-order chi connectivity index (χ0) is 18.1. The second-order valence-corrected chi connectivity index (χ2v) is 7.50. The number of nitrogens with one attached hydrogen (secondary N) is 1. The van der Waals surface area contributed by atoms with Crippen molar-refractivity contribution in [2.45, 2.75) is 38.0 Å². The molecule has 0 amide bonds. The van der Waals surface area contributed by atoms with Gasteiger partial charge in [0.1, 0.15) is 11.1 Å². The molecular weight excluding hydrogens is 330 g/mol. The molecule has 0 saturated heterocycles. The Bertz CT molecular complexity index is 1010. The Morgan fingerprint density at radius 2 is 2.00 bits per heavy atom. The number of nitrogens with zero attached hydrogens (tertiary/aromatic N) is 2. The molecule has 0 aliphatic carbocycles. The van der Waals surface area contributed by atoms with Gasteiger partial charge in [0.25, 0.3) is 0 Å². The zero-order valence-electron chi connectivity index (χ0n) is 14.7. The number of H-pyrrole nitrogens is 1. The fraction of sp³-hybridized carbons (Fsp3) is 0.250. The van der Waals surface area contributed by atoms with Gasteiger partial charge in [-0.2, -0.15) is 5.26 Å². The molecule has 3 rings (SSSR count). The standard InChI is InChI=1S/C20H19N3OS/c1-11-9-12(2)22-20(16(11)10-21)25-14(4)19(24)18-13(3)23-17-8-6-5-7-15(17)18/h5-9,14,23H,1-4H3/t14-/m1/s1. The smallest absolute Gasteiger partial charge is 0.178 e. The van der Waals surface area contributed by atoms with Crippen LogP contribution in [0.3, 0.4) is 0 Å². The van der Waals surface area contributed by atoms with Crippen LogP contribution >= 0.6 is 11.8 Å². The van der Waals surface area contributed by atoms with Crippen LogP contribution in [0.25, 0.3) is 10.9 Å². The molecule has 1 N–H and O–H groups in total. The molecule has 0 aliphatic rings. The van der Waals surface area contributed by atoms with E-state index in [1.807, 2.05) is 58.0 Å². The molecule has 0 bridgehead atoms. The third-order valence-electron chi connectivity index (χ3n) is 4.22. The van der Waals surface area contributed by atoms with Gasteiger partial charge >= 0.3 is 0 Å². The topological polar surface area (TPSA) is 69.5 Å². The third kappa shape index (κ3) is 3.18. The first-order chi connectivity index (χ1) is 11.9. The third-order valence-corrected chi connectivity index (χ3v) is 5.31. The number of para-hydroxylation sites is 1. The summed E-state index contributed by atoms with van der Waals surface area (Å²) in [5, 5.41) is 10.6. The van der Waals surface area contributed by atoms with Crippen molar-refractivity contribution in [2.24, 2.45) is 0 Å². The highest BCUT2D eigenvalue weighted by Gasteiger charge is 2.24. The highest BCUT2D eigenvalue weighted by atomic mass is 32.2. The molecule has 0 saturated carbocycles. The molecule has 5 heteroatoms. The summed E-state index contributed by atoms with van der Waals surface area (Å²) in [5.74, 6) is 0.0461. The van der Waals surface area contributed by atoms with E-state index in [-0.39, 0.29) is 11.0 Å². The number of hydrogen-bond donors (Lipinski definition) is 1. The van der Waals surface area contributed by atoms with Gasteiger partial charge in [0, 0.05) is 27.9 Å². The number of fused-ring (bicyclic) bond motifs is 1. The summed E-state index contributed by atoms with van der Waals surface area (Å²) in [5.41, 5.74) is 4.84. The minimum atomic E-state index is -0.335. The number of carbonyl (C=O) groups excluding carboxylic acids is 1. The van der Waals surface area contributed by atoms with Gasteiger partial charge < -0.3 is 4.98 Å². The van der Waals surface area contributed by atoms with Crippen LogP contribution in [0, 0.1) is 32.1 Å². The highest BCUT2D eigenvalue weighted by molar-refractivity contribution is 8.00. The summed E-state index contributed by atoms with van der Waals surface area (Å²) in [6.45, 7) is 7.58. The van der Waals surface area contributed by atoms with Crippen LogP contribution in [0.4, 0.5) is 0 Å². The first-order valence-electron chi connectivity index (χ1n) is 8.09. The van der Waals surface area contributed by atoms with E-state index in [1.54, 1.807) is 0 Å². The summed E-state index contributed by atoms with van der Waals surface area (Å²) < 4.78 is 0. The van der Waals surface area contributed by atoms with Crippen molar-refractivity contribution in [3.05, 3.63) is 58.4 Å². The predicted molar refractivity (Wildman–Crippen MR) is 101 cm³/mol. The SMILES string of the molecule is Cc1cc(C)c(C#N)c(S[C@H](C)C(=O)c2c(C)[nH]c3ccccc23)n1. The van der Waals surface area contributed by atoms with E-state index in [0.29, 0.717) is 10.6 Å². The van der Waals surface area contributed by atoms with E-state index in [9.17, 15) is 10.1 Å². The van der Waals surface area contributed by atoms with E-state index >= 15 is 0 Å². The Kier molecular flexibility index (Phi) is 4.65. The maximum Gasteiger partial charge on any atom is 0.178 e. The zero-order valence-corrected chi connectivity index (χ0v) is 15.5. The Morgan fingerprint density at radius 1 is 1.28 bits per heavy atom. The van der Waals surface area contributed by atoms with Crippen LogP contribution in [0.1, 0.15) is 39.8 Å². The van der Waals surface area contributed by atoms with Crippen LogP contribution in [0.5, 0.6) is 0 Å². The number of rotatable bonds is 4. The van der Waals surface area contributed by atoms with Crippen LogP contribution in [0.2, 0.25) is 0 Å². The summed E-state index contributed by atoms with van der Waals surface area (Å²) in [7, 11) is 0. The second kappa shape index (κ2) is 6.73. The van der Waals surface area contributed by atoms with E-state index in [2.05, 4.69) is 16.0 Å². The number of pyridine rings is 1. The lowest BCUT2D eigenvalue weighted by Crippen LogP contribution is -2.15. The molecule has 1 aromatic carbocycles. The fourth-order valence-electron chi connectivity index (χ4n) is 3.04. The molecule has 0 unspecified atom stereocenters. The van der Waals surface area contributed by atoms with Gasteiger partial charge in [-0.3, -0.25) is 4.79 Å². The average molecular weight is 349 g/mol. The van der Waals surface area contributed by atoms with Gasteiger partial charge in [0.2, 0.25) is 0 Å². The van der Waals surface area contributed by atoms with Gasteiger partial charge in [-0.25, -0.2) is 4.98 Å². The summed E-state index contributed by atoms with van der Waals surface area (Å²) >= 11 is 1.35. The number of benzene rings is 1. The first-order valence-corrected chi connectivity index (χ1v) is 8.97. The Morgan fingerprint density at radius 3 is 2.72 bits per heavy atom. The molecule has 3 aromatic rings. The van der Waals surface area contributed by atoms with Crippen LogP contribution in [0.15, 0.2) is 35.4 Å². The number of Topliss-reactive ketones (excluding diaryl/α,β-unsaturated/α-hetero) is 1. The summed E-state index contributed by atoms with van der Waals surface area (Å²) in [4.78, 5) is 20.8. The molecule has 2 heterocycles. The van der Waals surface area contributed by atoms with Crippen molar-refractivity contribution in [1.29, 1.82) is 5.26 Å². The van der Waals surface area contributed by atoms with Crippen LogP contribution in [-0.4, -0.2) is 21.0 Å². The molecule has 1 atom stereocenters. The fourth-order valence-corrected chi connectivity index (χ4v) is 4.12. The molecule has 126 valence electrons. The Hall–Kier alpha value is -2.58. The number of nitriles is 1. The maximum atomic E-state index is 13.1. The van der Waals surface area contributed by atoms with Crippen molar-refractivity contribution in [1.82, 2.24) is 9.97 Å². The van der Waals surface area contributed by atoms with Crippen molar-refractivity contribution < 1.29 is 4.79 Å². The van der Waals surface area contributed by atoms with Crippen LogP contribution in [-0.2, 0) is 0 Å². The van der Waals surface area contributed by atoms with Crippen molar-refractivity contribution in [2.75, 3.05) is 0 Å². The van der Waals surface area contributed by atoms with Gasteiger partial charge in [0.05, 0.1) is 10.8 Å². The average Bonchev–Trinajstić information content (AvgIpc) is 2.89. The van der Waals surface area contributed by atoms with E-state index < -0.39 is 0 Å². The van der Waals surface area contributed by atoms with Gasteiger partial charge in [-0.15, -0.1) is 0 Å². The molecule has 0 fully saturated rings. The number of aromatic amines is 1. The van der Waals surface area contributed by atoms with Gasteiger partial charge in [0.15, 0.2) is 5.78 Å². The highest BCUT2D eigenvalue weighted by Crippen LogP contribution is 2.31. The summed E-state index contributed by atoms with van der Waals surface area (Å²) in [6.07, 6.45) is 0. The molecule has 0 radical (unpaired) electrons. The Labute approximate surface area is 151 Å². The van der Waals surface area contributed by atoms with E-state index in [1.165, 1.54) is 11.8 Å². The minimum Gasteiger partial charge on any atom is -0.358 e. The molecule has 2 aromatic heterocycles. The lowest BCUT2D eigenvalue weighted by atomic mass is 10.1. The lowest BCUT2D eigenvalue weighted by Gasteiger charge is -2.13.